The Balaban J connectivity index is 1.87. The number of carbonyl (C=O) groups is 1. The van der Waals surface area contributed by atoms with Crippen molar-refractivity contribution in [3.05, 3.63) is 42.5 Å². The van der Waals surface area contributed by atoms with Gasteiger partial charge in [-0.2, -0.15) is 0 Å². The van der Waals surface area contributed by atoms with E-state index in [4.69, 9.17) is 14.2 Å². The smallest absolute Gasteiger partial charge is 0.248 e. The number of rotatable bonds is 7. The summed E-state index contributed by atoms with van der Waals surface area (Å²) in [5.41, 5.74) is 0.881. The van der Waals surface area contributed by atoms with Gasteiger partial charge in [0.25, 0.3) is 0 Å². The fourth-order valence-electron chi connectivity index (χ4n) is 2.99. The molecule has 0 aromatic heterocycles. The first-order chi connectivity index (χ1) is 13.3. The molecule has 1 unspecified atom stereocenters. The van der Waals surface area contributed by atoms with Crippen LogP contribution < -0.4 is 23.8 Å². The number of ether oxygens (including phenoxy) is 3. The van der Waals surface area contributed by atoms with Gasteiger partial charge >= 0.3 is 0 Å². The van der Waals surface area contributed by atoms with Gasteiger partial charge in [0, 0.05) is 11.8 Å². The number of hydrogen-bond donors (Lipinski definition) is 1. The summed E-state index contributed by atoms with van der Waals surface area (Å²) in [5, 5.41) is 2.76. The molecule has 3 rings (SSSR count). The second-order valence-corrected chi connectivity index (χ2v) is 8.10. The Bertz CT molecular complexity index is 959. The number of fused-ring (bicyclic) bond motifs is 1. The third-order valence-corrected chi connectivity index (χ3v) is 5.48. The summed E-state index contributed by atoms with van der Waals surface area (Å²) in [7, 11) is -2.18. The fraction of sp³-hybridized carbons (Fsp3) is 0.316. The summed E-state index contributed by atoms with van der Waals surface area (Å²) >= 11 is 0. The zero-order valence-corrected chi connectivity index (χ0v) is 16.7. The van der Waals surface area contributed by atoms with E-state index in [1.54, 1.807) is 49.4 Å². The first kappa shape index (κ1) is 19.8. The van der Waals surface area contributed by atoms with Crippen molar-refractivity contribution in [3.8, 4) is 17.2 Å². The van der Waals surface area contributed by atoms with Gasteiger partial charge in [0.2, 0.25) is 22.7 Å². The van der Waals surface area contributed by atoms with Crippen molar-refractivity contribution >= 4 is 27.3 Å². The second kappa shape index (κ2) is 7.97. The number of nitrogens with zero attached hydrogens (tertiary/aromatic N) is 1. The van der Waals surface area contributed by atoms with Crippen molar-refractivity contribution in [1.29, 1.82) is 0 Å². The Morgan fingerprint density at radius 2 is 1.86 bits per heavy atom. The second-order valence-electron chi connectivity index (χ2n) is 6.24. The minimum Gasteiger partial charge on any atom is -0.497 e. The Morgan fingerprint density at radius 3 is 2.46 bits per heavy atom. The molecular weight excluding hydrogens is 384 g/mol. The highest BCUT2D eigenvalue weighted by molar-refractivity contribution is 7.92. The quantitative estimate of drug-likeness (QED) is 0.760. The lowest BCUT2D eigenvalue weighted by Crippen LogP contribution is -2.46. The van der Waals surface area contributed by atoms with E-state index in [-0.39, 0.29) is 13.2 Å². The maximum atomic E-state index is 12.9. The molecular formula is C19H22N2O6S. The van der Waals surface area contributed by atoms with Crippen LogP contribution in [0.25, 0.3) is 0 Å². The molecule has 2 aromatic carbocycles. The van der Waals surface area contributed by atoms with Gasteiger partial charge in [-0.1, -0.05) is 6.92 Å². The van der Waals surface area contributed by atoms with Gasteiger partial charge in [-0.25, -0.2) is 8.42 Å². The first-order valence-electron chi connectivity index (χ1n) is 8.67. The topological polar surface area (TPSA) is 94.2 Å². The van der Waals surface area contributed by atoms with Crippen LogP contribution in [0.3, 0.4) is 0 Å². The molecule has 0 fully saturated rings. The van der Waals surface area contributed by atoms with E-state index >= 15 is 0 Å². The van der Waals surface area contributed by atoms with Crippen molar-refractivity contribution in [2.45, 2.75) is 19.4 Å². The number of amides is 1. The SMILES string of the molecule is CCC(C(=O)Nc1ccc2c(c1)OCO2)N(c1ccc(OC)cc1)S(C)(=O)=O. The van der Waals surface area contributed by atoms with Gasteiger partial charge in [0.15, 0.2) is 11.5 Å². The lowest BCUT2D eigenvalue weighted by Gasteiger charge is -2.30. The van der Waals surface area contributed by atoms with E-state index in [1.165, 1.54) is 7.11 Å². The van der Waals surface area contributed by atoms with Gasteiger partial charge in [0.1, 0.15) is 11.8 Å². The van der Waals surface area contributed by atoms with Crippen molar-refractivity contribution in [1.82, 2.24) is 0 Å². The van der Waals surface area contributed by atoms with Gasteiger partial charge in [0.05, 0.1) is 19.1 Å². The van der Waals surface area contributed by atoms with E-state index in [0.29, 0.717) is 28.6 Å². The molecule has 0 saturated heterocycles. The third kappa shape index (κ3) is 4.14. The van der Waals surface area contributed by atoms with Crippen molar-refractivity contribution in [3.63, 3.8) is 0 Å². The van der Waals surface area contributed by atoms with Gasteiger partial charge in [-0.3, -0.25) is 9.10 Å². The highest BCUT2D eigenvalue weighted by atomic mass is 32.2. The van der Waals surface area contributed by atoms with Crippen molar-refractivity contribution in [2.24, 2.45) is 0 Å². The molecule has 2 aromatic rings. The largest absolute Gasteiger partial charge is 0.497 e. The van der Waals surface area contributed by atoms with E-state index < -0.39 is 22.0 Å². The monoisotopic (exact) mass is 406 g/mol. The zero-order valence-electron chi connectivity index (χ0n) is 15.8. The van der Waals surface area contributed by atoms with Crippen molar-refractivity contribution < 1.29 is 27.4 Å². The molecule has 8 nitrogen and oxygen atoms in total. The molecule has 1 aliphatic heterocycles. The summed E-state index contributed by atoms with van der Waals surface area (Å²) in [5.74, 6) is 1.28. The van der Waals surface area contributed by atoms with Crippen LogP contribution in [0.2, 0.25) is 0 Å². The van der Waals surface area contributed by atoms with Crippen LogP contribution in [-0.2, 0) is 14.8 Å². The third-order valence-electron chi connectivity index (χ3n) is 4.30. The average molecular weight is 406 g/mol. The molecule has 28 heavy (non-hydrogen) atoms. The minimum absolute atomic E-state index is 0.129. The van der Waals surface area contributed by atoms with Crippen molar-refractivity contribution in [2.75, 3.05) is 29.8 Å². The standard InChI is InChI=1S/C19H22N2O6S/c1-4-16(19(22)20-13-5-10-17-18(11-13)27-12-26-17)21(28(3,23)24)14-6-8-15(25-2)9-7-14/h5-11,16H,4,12H2,1-3H3,(H,20,22). The molecule has 1 amide bonds. The van der Waals surface area contributed by atoms with Crippen LogP contribution in [0.1, 0.15) is 13.3 Å². The highest BCUT2D eigenvalue weighted by Gasteiger charge is 2.31. The summed E-state index contributed by atoms with van der Waals surface area (Å²) in [6, 6.07) is 10.6. The summed E-state index contributed by atoms with van der Waals surface area (Å²) in [6.45, 7) is 1.88. The lowest BCUT2D eigenvalue weighted by molar-refractivity contribution is -0.117. The van der Waals surface area contributed by atoms with Crippen LogP contribution in [0.5, 0.6) is 17.2 Å². The fourth-order valence-corrected chi connectivity index (χ4v) is 4.20. The molecule has 0 aliphatic carbocycles. The van der Waals surface area contributed by atoms with Crippen LogP contribution in [0, 0.1) is 0 Å². The maximum absolute atomic E-state index is 12.9. The number of anilines is 2. The number of nitrogens with one attached hydrogen (secondary N) is 1. The Labute approximate surface area is 164 Å². The number of hydrogen-bond acceptors (Lipinski definition) is 6. The van der Waals surface area contributed by atoms with E-state index in [1.807, 2.05) is 0 Å². The predicted molar refractivity (Wildman–Crippen MR) is 106 cm³/mol. The summed E-state index contributed by atoms with van der Waals surface area (Å²) < 4.78 is 41.7. The molecule has 0 bridgehead atoms. The predicted octanol–water partition coefficient (Wildman–Crippen LogP) is 2.61. The number of benzene rings is 2. The van der Waals surface area contributed by atoms with Crippen LogP contribution in [0.15, 0.2) is 42.5 Å². The normalized spacial score (nSPS) is 13.7. The molecule has 150 valence electrons. The molecule has 0 saturated carbocycles. The summed E-state index contributed by atoms with van der Waals surface area (Å²) in [6.07, 6.45) is 1.36. The summed E-state index contributed by atoms with van der Waals surface area (Å²) in [4.78, 5) is 12.9. The average Bonchev–Trinajstić information content (AvgIpc) is 3.13. The van der Waals surface area contributed by atoms with E-state index in [9.17, 15) is 13.2 Å². The number of sulfonamides is 1. The maximum Gasteiger partial charge on any atom is 0.248 e. The van der Waals surface area contributed by atoms with E-state index in [2.05, 4.69) is 5.32 Å². The van der Waals surface area contributed by atoms with Crippen LogP contribution in [-0.4, -0.2) is 40.5 Å². The zero-order chi connectivity index (χ0) is 20.3. The molecule has 1 atom stereocenters. The molecule has 9 heteroatoms. The Hall–Kier alpha value is -2.94. The Morgan fingerprint density at radius 1 is 1.18 bits per heavy atom. The van der Waals surface area contributed by atoms with E-state index in [0.717, 1.165) is 10.6 Å². The van der Waals surface area contributed by atoms with Crippen LogP contribution in [0.4, 0.5) is 11.4 Å². The van der Waals surface area contributed by atoms with Gasteiger partial charge in [-0.15, -0.1) is 0 Å². The first-order valence-corrected chi connectivity index (χ1v) is 10.5. The highest BCUT2D eigenvalue weighted by Crippen LogP contribution is 2.34. The minimum atomic E-state index is -3.71. The van der Waals surface area contributed by atoms with Gasteiger partial charge in [-0.05, 0) is 42.8 Å². The molecule has 1 N–H and O–H groups in total. The lowest BCUT2D eigenvalue weighted by atomic mass is 10.1. The van der Waals surface area contributed by atoms with Crippen LogP contribution >= 0.6 is 0 Å². The molecule has 0 radical (unpaired) electrons. The Kier molecular flexibility index (Phi) is 5.64. The molecule has 1 aliphatic rings. The number of carbonyl (C=O) groups excluding carboxylic acids is 1. The van der Waals surface area contributed by atoms with Gasteiger partial charge < -0.3 is 19.5 Å². The molecule has 0 spiro atoms. The molecule has 1 heterocycles. The number of methoxy groups -OCH3 is 1.